The molecule has 0 atom stereocenters. The first-order valence-electron chi connectivity index (χ1n) is 5.16. The van der Waals surface area contributed by atoms with Gasteiger partial charge in [-0.3, -0.25) is 4.79 Å². The fraction of sp³-hybridized carbons (Fsp3) is 0.364. The lowest BCUT2D eigenvalue weighted by Gasteiger charge is -2.23. The molecule has 0 aliphatic heterocycles. The van der Waals surface area contributed by atoms with Crippen LogP contribution < -0.4 is 5.73 Å². The van der Waals surface area contributed by atoms with E-state index < -0.39 is 30.1 Å². The molecule has 1 amide bonds. The zero-order valence-corrected chi connectivity index (χ0v) is 9.59. The van der Waals surface area contributed by atoms with Crippen molar-refractivity contribution in [2.75, 3.05) is 18.8 Å². The maximum absolute atomic E-state index is 13.1. The molecule has 2 N–H and O–H groups in total. The molecule has 1 aromatic carbocycles. The van der Waals surface area contributed by atoms with Gasteiger partial charge in [0.25, 0.3) is 5.91 Å². The smallest absolute Gasteiger partial charge is 0.396 e. The molecule has 0 aliphatic rings. The number of halogens is 4. The molecule has 18 heavy (non-hydrogen) atoms. The van der Waals surface area contributed by atoms with Crippen molar-refractivity contribution in [2.24, 2.45) is 0 Å². The van der Waals surface area contributed by atoms with Crippen LogP contribution in [0.15, 0.2) is 18.2 Å². The van der Waals surface area contributed by atoms with Crippen molar-refractivity contribution in [1.82, 2.24) is 4.90 Å². The molecule has 0 aromatic heterocycles. The first-order valence-corrected chi connectivity index (χ1v) is 5.16. The average molecular weight is 264 g/mol. The van der Waals surface area contributed by atoms with Crippen LogP contribution in [0.5, 0.6) is 0 Å². The van der Waals surface area contributed by atoms with Crippen LogP contribution in [0.4, 0.5) is 23.2 Å². The highest BCUT2D eigenvalue weighted by Crippen LogP contribution is 2.21. The number of rotatable bonds is 3. The van der Waals surface area contributed by atoms with Crippen molar-refractivity contribution < 1.29 is 22.4 Å². The van der Waals surface area contributed by atoms with E-state index in [4.69, 9.17) is 5.73 Å². The van der Waals surface area contributed by atoms with Crippen LogP contribution in [0, 0.1) is 5.82 Å². The molecule has 3 nitrogen and oxygen atoms in total. The van der Waals surface area contributed by atoms with E-state index in [1.165, 1.54) is 19.1 Å². The highest BCUT2D eigenvalue weighted by atomic mass is 19.4. The zero-order valence-electron chi connectivity index (χ0n) is 9.59. The number of para-hydroxylation sites is 1. The Morgan fingerprint density at radius 1 is 1.39 bits per heavy atom. The largest absolute Gasteiger partial charge is 0.406 e. The highest BCUT2D eigenvalue weighted by molar-refractivity contribution is 5.99. The maximum Gasteiger partial charge on any atom is 0.406 e. The molecule has 1 aromatic rings. The quantitative estimate of drug-likeness (QED) is 0.673. The van der Waals surface area contributed by atoms with Crippen molar-refractivity contribution in [3.63, 3.8) is 0 Å². The van der Waals surface area contributed by atoms with Crippen LogP contribution in [0.25, 0.3) is 0 Å². The number of nitrogen functional groups attached to an aromatic ring is 1. The molecule has 7 heteroatoms. The standard InChI is InChI=1S/C11H12F4N2O/c1-2-17(6-11(13,14)15)10(18)7-4-3-5-8(12)9(7)16/h3-5H,2,6,16H2,1H3. The number of carbonyl (C=O) groups excluding carboxylic acids is 1. The van der Waals surface area contributed by atoms with Gasteiger partial charge in [0, 0.05) is 6.54 Å². The summed E-state index contributed by atoms with van der Waals surface area (Å²) in [7, 11) is 0. The van der Waals surface area contributed by atoms with E-state index in [0.29, 0.717) is 4.90 Å². The molecule has 0 heterocycles. The van der Waals surface area contributed by atoms with Gasteiger partial charge < -0.3 is 10.6 Å². The first kappa shape index (κ1) is 14.3. The number of nitrogens with zero attached hydrogens (tertiary/aromatic N) is 1. The predicted octanol–water partition coefficient (Wildman–Crippen LogP) is 2.43. The molecule has 1 rings (SSSR count). The monoisotopic (exact) mass is 264 g/mol. The van der Waals surface area contributed by atoms with E-state index in [0.717, 1.165) is 6.07 Å². The SMILES string of the molecule is CCN(CC(F)(F)F)C(=O)c1cccc(F)c1N. The molecule has 0 saturated heterocycles. The van der Waals surface area contributed by atoms with E-state index in [2.05, 4.69) is 0 Å². The number of alkyl halides is 3. The molecular formula is C11H12F4N2O. The van der Waals surface area contributed by atoms with Gasteiger partial charge in [0.15, 0.2) is 0 Å². The summed E-state index contributed by atoms with van der Waals surface area (Å²) in [6, 6.07) is 3.45. The van der Waals surface area contributed by atoms with Crippen LogP contribution in [0.1, 0.15) is 17.3 Å². The second-order valence-corrected chi connectivity index (χ2v) is 3.64. The lowest BCUT2D eigenvalue weighted by molar-refractivity contribution is -0.140. The normalized spacial score (nSPS) is 11.4. The van der Waals surface area contributed by atoms with Crippen molar-refractivity contribution in [1.29, 1.82) is 0 Å². The third-order valence-corrected chi connectivity index (χ3v) is 2.32. The Labute approximate surface area is 101 Å². The van der Waals surface area contributed by atoms with Gasteiger partial charge in [-0.2, -0.15) is 13.2 Å². The second kappa shape index (κ2) is 5.24. The van der Waals surface area contributed by atoms with Gasteiger partial charge >= 0.3 is 6.18 Å². The Hall–Kier alpha value is -1.79. The Morgan fingerprint density at radius 3 is 2.50 bits per heavy atom. The minimum Gasteiger partial charge on any atom is -0.396 e. The molecule has 100 valence electrons. The summed E-state index contributed by atoms with van der Waals surface area (Å²) in [6.07, 6.45) is -4.51. The number of hydrogen-bond donors (Lipinski definition) is 1. The van der Waals surface area contributed by atoms with Gasteiger partial charge in [-0.25, -0.2) is 4.39 Å². The van der Waals surface area contributed by atoms with Gasteiger partial charge in [-0.15, -0.1) is 0 Å². The summed E-state index contributed by atoms with van der Waals surface area (Å²) in [5, 5.41) is 0. The van der Waals surface area contributed by atoms with Crippen molar-refractivity contribution >= 4 is 11.6 Å². The zero-order chi connectivity index (χ0) is 13.9. The Bertz CT molecular complexity index is 445. The lowest BCUT2D eigenvalue weighted by Crippen LogP contribution is -2.39. The first-order chi connectivity index (χ1) is 8.26. The van der Waals surface area contributed by atoms with Crippen LogP contribution >= 0.6 is 0 Å². The minimum atomic E-state index is -4.51. The molecule has 0 bridgehead atoms. The molecule has 0 fully saturated rings. The summed E-state index contributed by atoms with van der Waals surface area (Å²) >= 11 is 0. The molecule has 0 radical (unpaired) electrons. The Morgan fingerprint density at radius 2 is 2.00 bits per heavy atom. The fourth-order valence-corrected chi connectivity index (χ4v) is 1.44. The van der Waals surface area contributed by atoms with Crippen molar-refractivity contribution in [3.8, 4) is 0 Å². The Balaban J connectivity index is 3.01. The topological polar surface area (TPSA) is 46.3 Å². The third-order valence-electron chi connectivity index (χ3n) is 2.32. The summed E-state index contributed by atoms with van der Waals surface area (Å²) < 4.78 is 49.9. The van der Waals surface area contributed by atoms with Crippen LogP contribution in [-0.2, 0) is 0 Å². The second-order valence-electron chi connectivity index (χ2n) is 3.64. The average Bonchev–Trinajstić information content (AvgIpc) is 2.27. The summed E-state index contributed by atoms with van der Waals surface area (Å²) in [4.78, 5) is 12.4. The number of benzene rings is 1. The van der Waals surface area contributed by atoms with Gasteiger partial charge in [0.1, 0.15) is 12.4 Å². The van der Waals surface area contributed by atoms with Crippen LogP contribution in [0.3, 0.4) is 0 Å². The number of anilines is 1. The maximum atomic E-state index is 13.1. The molecule has 0 aliphatic carbocycles. The van der Waals surface area contributed by atoms with E-state index >= 15 is 0 Å². The minimum absolute atomic E-state index is 0.145. The van der Waals surface area contributed by atoms with Gasteiger partial charge in [-0.1, -0.05) is 6.07 Å². The lowest BCUT2D eigenvalue weighted by atomic mass is 10.1. The molecule has 0 saturated carbocycles. The van der Waals surface area contributed by atoms with Crippen LogP contribution in [0.2, 0.25) is 0 Å². The van der Waals surface area contributed by atoms with E-state index in [9.17, 15) is 22.4 Å². The van der Waals surface area contributed by atoms with Crippen LogP contribution in [-0.4, -0.2) is 30.1 Å². The molecule has 0 unspecified atom stereocenters. The fourth-order valence-electron chi connectivity index (χ4n) is 1.44. The summed E-state index contributed by atoms with van der Waals surface area (Å²) in [5.41, 5.74) is 4.63. The summed E-state index contributed by atoms with van der Waals surface area (Å²) in [6.45, 7) is -0.133. The number of amides is 1. The third kappa shape index (κ3) is 3.35. The van der Waals surface area contributed by atoms with E-state index in [1.807, 2.05) is 0 Å². The molecular weight excluding hydrogens is 252 g/mol. The number of carbonyl (C=O) groups is 1. The highest BCUT2D eigenvalue weighted by Gasteiger charge is 2.33. The van der Waals surface area contributed by atoms with Gasteiger partial charge in [0.05, 0.1) is 11.3 Å². The number of hydrogen-bond acceptors (Lipinski definition) is 2. The van der Waals surface area contributed by atoms with Gasteiger partial charge in [-0.05, 0) is 19.1 Å². The van der Waals surface area contributed by atoms with Gasteiger partial charge in [0.2, 0.25) is 0 Å². The van der Waals surface area contributed by atoms with E-state index in [1.54, 1.807) is 0 Å². The summed E-state index contributed by atoms with van der Waals surface area (Å²) in [5.74, 6) is -1.77. The molecule has 0 spiro atoms. The van der Waals surface area contributed by atoms with Crippen molar-refractivity contribution in [3.05, 3.63) is 29.6 Å². The number of nitrogens with two attached hydrogens (primary N) is 1. The van der Waals surface area contributed by atoms with Crippen molar-refractivity contribution in [2.45, 2.75) is 13.1 Å². The Kier molecular flexibility index (Phi) is 4.15. The van der Waals surface area contributed by atoms with E-state index in [-0.39, 0.29) is 12.1 Å². The predicted molar refractivity (Wildman–Crippen MR) is 58.4 cm³/mol.